The van der Waals surface area contributed by atoms with Crippen LogP contribution in [0.25, 0.3) is 0 Å². The van der Waals surface area contributed by atoms with Gasteiger partial charge < -0.3 is 15.2 Å². The average molecular weight is 318 g/mol. The number of carbonyl (C=O) groups is 1. The van der Waals surface area contributed by atoms with Crippen LogP contribution in [0, 0.1) is 0 Å². The number of thioether (sulfide) groups is 1. The molecule has 0 aliphatic heterocycles. The maximum Gasteiger partial charge on any atom is 0.220 e. The number of amides is 1. The van der Waals surface area contributed by atoms with Crippen molar-refractivity contribution in [1.82, 2.24) is 5.32 Å². The number of ether oxygens (including phenoxy) is 1. The number of halogens is 1. The van der Waals surface area contributed by atoms with Gasteiger partial charge in [0.2, 0.25) is 5.91 Å². The molecular formula is C14H20ClNO3S. The van der Waals surface area contributed by atoms with Gasteiger partial charge in [0.15, 0.2) is 0 Å². The SMILES string of the molecule is O=C(CCCSc1ccc(Cl)cc1)NCCOCCO. The van der Waals surface area contributed by atoms with Gasteiger partial charge >= 0.3 is 0 Å². The van der Waals surface area contributed by atoms with Gasteiger partial charge in [-0.15, -0.1) is 11.8 Å². The molecule has 4 nitrogen and oxygen atoms in total. The van der Waals surface area contributed by atoms with Crippen molar-refractivity contribution < 1.29 is 14.6 Å². The third-order valence-electron chi connectivity index (χ3n) is 2.43. The Labute approximate surface area is 128 Å². The topological polar surface area (TPSA) is 58.6 Å². The molecule has 6 heteroatoms. The summed E-state index contributed by atoms with van der Waals surface area (Å²) in [4.78, 5) is 12.6. The molecule has 0 aliphatic carbocycles. The highest BCUT2D eigenvalue weighted by Crippen LogP contribution is 2.21. The smallest absolute Gasteiger partial charge is 0.220 e. The molecule has 0 unspecified atom stereocenters. The second kappa shape index (κ2) is 11.0. The van der Waals surface area contributed by atoms with Gasteiger partial charge in [-0.2, -0.15) is 0 Å². The molecule has 1 rings (SSSR count). The van der Waals surface area contributed by atoms with Gasteiger partial charge in [-0.05, 0) is 36.4 Å². The summed E-state index contributed by atoms with van der Waals surface area (Å²) in [6.07, 6.45) is 1.34. The first-order chi connectivity index (χ1) is 9.72. The Kier molecular flexibility index (Phi) is 9.49. The Morgan fingerprint density at radius 2 is 2.05 bits per heavy atom. The van der Waals surface area contributed by atoms with Crippen LogP contribution in [0.4, 0.5) is 0 Å². The van der Waals surface area contributed by atoms with E-state index in [0.29, 0.717) is 26.2 Å². The Bertz CT molecular complexity index is 387. The summed E-state index contributed by atoms with van der Waals surface area (Å²) >= 11 is 7.52. The lowest BCUT2D eigenvalue weighted by molar-refractivity contribution is -0.121. The first-order valence-corrected chi connectivity index (χ1v) is 7.92. The molecule has 20 heavy (non-hydrogen) atoms. The van der Waals surface area contributed by atoms with Gasteiger partial charge in [-0.1, -0.05) is 11.6 Å². The van der Waals surface area contributed by atoms with E-state index in [4.69, 9.17) is 21.4 Å². The highest BCUT2D eigenvalue weighted by Gasteiger charge is 2.01. The van der Waals surface area contributed by atoms with Crippen molar-refractivity contribution in [1.29, 1.82) is 0 Å². The van der Waals surface area contributed by atoms with Crippen molar-refractivity contribution in [2.75, 3.05) is 32.1 Å². The van der Waals surface area contributed by atoms with Crippen LogP contribution in [0.3, 0.4) is 0 Å². The number of aliphatic hydroxyl groups excluding tert-OH is 1. The zero-order valence-electron chi connectivity index (χ0n) is 11.3. The van der Waals surface area contributed by atoms with Crippen molar-refractivity contribution in [3.8, 4) is 0 Å². The average Bonchev–Trinajstić information content (AvgIpc) is 2.45. The maximum absolute atomic E-state index is 11.5. The molecule has 0 radical (unpaired) electrons. The third kappa shape index (κ3) is 8.43. The fraction of sp³-hybridized carbons (Fsp3) is 0.500. The van der Waals surface area contributed by atoms with E-state index in [-0.39, 0.29) is 12.5 Å². The standard InChI is InChI=1S/C14H20ClNO3S/c15-12-3-5-13(6-4-12)20-11-1-2-14(18)16-7-9-19-10-8-17/h3-6,17H,1-2,7-11H2,(H,16,18). The third-order valence-corrected chi connectivity index (χ3v) is 3.79. The molecule has 0 spiro atoms. The van der Waals surface area contributed by atoms with Crippen LogP contribution in [0.15, 0.2) is 29.2 Å². The van der Waals surface area contributed by atoms with E-state index in [9.17, 15) is 4.79 Å². The number of aliphatic hydroxyl groups is 1. The summed E-state index contributed by atoms with van der Waals surface area (Å²) in [5.41, 5.74) is 0. The molecule has 0 bridgehead atoms. The molecular weight excluding hydrogens is 298 g/mol. The summed E-state index contributed by atoms with van der Waals surface area (Å²) in [6.45, 7) is 1.25. The Morgan fingerprint density at radius 1 is 1.30 bits per heavy atom. The van der Waals surface area contributed by atoms with E-state index in [1.54, 1.807) is 11.8 Å². The number of hydrogen-bond acceptors (Lipinski definition) is 4. The minimum atomic E-state index is 0.00979. The van der Waals surface area contributed by atoms with E-state index < -0.39 is 0 Å². The quantitative estimate of drug-likeness (QED) is 0.514. The van der Waals surface area contributed by atoms with E-state index in [0.717, 1.165) is 22.1 Å². The van der Waals surface area contributed by atoms with E-state index in [1.165, 1.54) is 0 Å². The van der Waals surface area contributed by atoms with Crippen molar-refractivity contribution >= 4 is 29.3 Å². The largest absolute Gasteiger partial charge is 0.394 e. The highest BCUT2D eigenvalue weighted by molar-refractivity contribution is 7.99. The Morgan fingerprint density at radius 3 is 2.75 bits per heavy atom. The highest BCUT2D eigenvalue weighted by atomic mass is 35.5. The summed E-state index contributed by atoms with van der Waals surface area (Å²) in [7, 11) is 0. The lowest BCUT2D eigenvalue weighted by Crippen LogP contribution is -2.27. The first-order valence-electron chi connectivity index (χ1n) is 6.56. The van der Waals surface area contributed by atoms with Crippen LogP contribution in [-0.4, -0.2) is 43.1 Å². The first kappa shape index (κ1) is 17.3. The predicted molar refractivity (Wildman–Crippen MR) is 82.3 cm³/mol. The second-order valence-corrected chi connectivity index (χ2v) is 5.70. The maximum atomic E-state index is 11.5. The van der Waals surface area contributed by atoms with E-state index >= 15 is 0 Å². The van der Waals surface area contributed by atoms with Gasteiger partial charge in [0.25, 0.3) is 0 Å². The predicted octanol–water partition coefficient (Wildman–Crippen LogP) is 2.34. The summed E-state index contributed by atoms with van der Waals surface area (Å²) < 4.78 is 5.05. The fourth-order valence-corrected chi connectivity index (χ4v) is 2.45. The molecule has 2 N–H and O–H groups in total. The molecule has 0 heterocycles. The normalized spacial score (nSPS) is 10.5. The summed E-state index contributed by atoms with van der Waals surface area (Å²) in [5.74, 6) is 0.935. The number of carbonyl (C=O) groups excluding carboxylic acids is 1. The van der Waals surface area contributed by atoms with Crippen LogP contribution in [0.2, 0.25) is 5.02 Å². The summed E-state index contributed by atoms with van der Waals surface area (Å²) in [5, 5.41) is 12.0. The number of benzene rings is 1. The lowest BCUT2D eigenvalue weighted by atomic mass is 10.3. The molecule has 0 aliphatic rings. The zero-order chi connectivity index (χ0) is 14.6. The van der Waals surface area contributed by atoms with Crippen LogP contribution < -0.4 is 5.32 Å². The van der Waals surface area contributed by atoms with Crippen LogP contribution in [-0.2, 0) is 9.53 Å². The number of hydrogen-bond donors (Lipinski definition) is 2. The van der Waals surface area contributed by atoms with Gasteiger partial charge in [-0.3, -0.25) is 4.79 Å². The van der Waals surface area contributed by atoms with Gasteiger partial charge in [0.1, 0.15) is 0 Å². The van der Waals surface area contributed by atoms with Crippen molar-refractivity contribution in [2.45, 2.75) is 17.7 Å². The van der Waals surface area contributed by atoms with Crippen LogP contribution in [0.5, 0.6) is 0 Å². The minimum Gasteiger partial charge on any atom is -0.394 e. The molecule has 1 aromatic carbocycles. The molecule has 0 fully saturated rings. The molecule has 112 valence electrons. The fourth-order valence-electron chi connectivity index (χ4n) is 1.47. The zero-order valence-corrected chi connectivity index (χ0v) is 12.9. The van der Waals surface area contributed by atoms with Gasteiger partial charge in [0, 0.05) is 22.9 Å². The molecule has 0 saturated heterocycles. The van der Waals surface area contributed by atoms with Crippen LogP contribution >= 0.6 is 23.4 Å². The van der Waals surface area contributed by atoms with Crippen molar-refractivity contribution in [3.05, 3.63) is 29.3 Å². The van der Waals surface area contributed by atoms with Crippen molar-refractivity contribution in [3.63, 3.8) is 0 Å². The van der Waals surface area contributed by atoms with Crippen LogP contribution in [0.1, 0.15) is 12.8 Å². The lowest BCUT2D eigenvalue weighted by Gasteiger charge is -2.05. The van der Waals surface area contributed by atoms with E-state index in [2.05, 4.69) is 5.32 Å². The Balaban J connectivity index is 2.00. The number of rotatable bonds is 10. The number of nitrogens with one attached hydrogen (secondary N) is 1. The summed E-state index contributed by atoms with van der Waals surface area (Å²) in [6, 6.07) is 7.68. The Hall–Kier alpha value is -0.750. The molecule has 1 amide bonds. The van der Waals surface area contributed by atoms with Gasteiger partial charge in [-0.25, -0.2) is 0 Å². The molecule has 0 atom stereocenters. The molecule has 1 aromatic rings. The van der Waals surface area contributed by atoms with Gasteiger partial charge in [0.05, 0.1) is 19.8 Å². The molecule has 0 aromatic heterocycles. The molecule has 0 saturated carbocycles. The van der Waals surface area contributed by atoms with Crippen molar-refractivity contribution in [2.24, 2.45) is 0 Å². The monoisotopic (exact) mass is 317 g/mol. The minimum absolute atomic E-state index is 0.00979. The second-order valence-electron chi connectivity index (χ2n) is 4.09. The van der Waals surface area contributed by atoms with E-state index in [1.807, 2.05) is 24.3 Å².